The average molecular weight is 732 g/mol. The molecule has 0 aromatic carbocycles. The third kappa shape index (κ3) is 16.8. The summed E-state index contributed by atoms with van der Waals surface area (Å²) >= 11 is -8.63. The number of hydrogen-bond acceptors (Lipinski definition) is 8. The first-order valence-electron chi connectivity index (χ1n) is 14.4. The van der Waals surface area contributed by atoms with Gasteiger partial charge < -0.3 is 0 Å². The van der Waals surface area contributed by atoms with Gasteiger partial charge in [0.25, 0.3) is 0 Å². The van der Waals surface area contributed by atoms with Crippen LogP contribution in [0.2, 0.25) is 13.3 Å². The summed E-state index contributed by atoms with van der Waals surface area (Å²) in [5.41, 5.74) is 0. The Hall–Kier alpha value is 0.0574. The number of ether oxygens (including phenoxy) is 2. The number of carbonyl (C=O) groups is 2. The fourth-order valence-corrected chi connectivity index (χ4v) is 38.6. The first-order valence-corrected chi connectivity index (χ1v) is 26.3. The van der Waals surface area contributed by atoms with Crippen LogP contribution in [-0.4, -0.2) is 71.0 Å². The maximum absolute atomic E-state index is 12.8. The third-order valence-corrected chi connectivity index (χ3v) is 34.7. The predicted molar refractivity (Wildman–Crippen MR) is 147 cm³/mol. The van der Waals surface area contributed by atoms with Crippen LogP contribution in [0, 0.1) is 0 Å². The van der Waals surface area contributed by atoms with Crippen molar-refractivity contribution in [3.63, 3.8) is 0 Å². The molecule has 0 bridgehead atoms. The molecule has 0 aromatic rings. The van der Waals surface area contributed by atoms with Crippen molar-refractivity contribution in [2.45, 2.75) is 132 Å². The van der Waals surface area contributed by atoms with Crippen molar-refractivity contribution < 1.29 is 29.7 Å². The molecule has 0 radical (unpaired) electrons. The van der Waals surface area contributed by atoms with Crippen molar-refractivity contribution in [2.24, 2.45) is 0 Å². The Labute approximate surface area is 231 Å². The molecule has 0 saturated carbocycles. The molecule has 0 aliphatic carbocycles. The molecule has 0 rings (SSSR count). The van der Waals surface area contributed by atoms with Gasteiger partial charge in [-0.2, -0.15) is 0 Å². The number of rotatable bonds is 23. The molecule has 0 N–H and O–H groups in total. The van der Waals surface area contributed by atoms with Gasteiger partial charge >= 0.3 is 233 Å². The summed E-state index contributed by atoms with van der Waals surface area (Å²) in [6, 6.07) is 0. The van der Waals surface area contributed by atoms with Gasteiger partial charge in [-0.05, 0) is 0 Å². The van der Waals surface area contributed by atoms with Crippen LogP contribution in [0.5, 0.6) is 0 Å². The molecule has 1 unspecified atom stereocenters. The molecule has 36 heavy (non-hydrogen) atoms. The van der Waals surface area contributed by atoms with Crippen molar-refractivity contribution in [1.82, 2.24) is 0 Å². The van der Waals surface area contributed by atoms with E-state index in [1.54, 1.807) is 0 Å². The van der Waals surface area contributed by atoms with Gasteiger partial charge in [0.2, 0.25) is 0 Å². The van der Waals surface area contributed by atoms with Crippen molar-refractivity contribution in [3.05, 3.63) is 0 Å². The molecule has 214 valence electrons. The molecule has 0 spiro atoms. The molecule has 0 aromatic heterocycles. The van der Waals surface area contributed by atoms with E-state index < -0.39 is 51.1 Å². The zero-order valence-electron chi connectivity index (χ0n) is 24.0. The Morgan fingerprint density at radius 3 is 1.42 bits per heavy atom. The van der Waals surface area contributed by atoms with Crippen molar-refractivity contribution in [3.8, 4) is 0 Å². The fraction of sp³-hybridized carbons (Fsp3) is 0.923. The van der Waals surface area contributed by atoms with E-state index >= 15 is 0 Å². The Morgan fingerprint density at radius 1 is 0.528 bits per heavy atom. The second kappa shape index (κ2) is 23.0. The van der Waals surface area contributed by atoms with Crippen LogP contribution < -0.4 is 0 Å². The van der Waals surface area contributed by atoms with Crippen molar-refractivity contribution in [2.75, 3.05) is 19.8 Å². The minimum atomic E-state index is -4.51. The molecule has 0 fully saturated rings. The van der Waals surface area contributed by atoms with Crippen molar-refractivity contribution >= 4 is 51.1 Å². The first kappa shape index (κ1) is 36.1. The normalized spacial score (nSPS) is 13.2. The second-order valence-electron chi connectivity index (χ2n) is 9.32. The molecule has 1 atom stereocenters. The van der Waals surface area contributed by atoms with Crippen molar-refractivity contribution in [1.29, 1.82) is 0 Å². The summed E-state index contributed by atoms with van der Waals surface area (Å²) in [5, 5.41) is 0. The van der Waals surface area contributed by atoms with Crippen LogP contribution in [0.15, 0.2) is 0 Å². The molecule has 8 nitrogen and oxygen atoms in total. The molecular weight excluding hydrogens is 678 g/mol. The molecule has 0 saturated heterocycles. The summed E-state index contributed by atoms with van der Waals surface area (Å²) in [5.74, 6) is 0. The van der Waals surface area contributed by atoms with Crippen LogP contribution >= 0.6 is 0 Å². The van der Waals surface area contributed by atoms with Gasteiger partial charge in [-0.3, -0.25) is 0 Å². The molecule has 0 amide bonds. The van der Waals surface area contributed by atoms with Gasteiger partial charge in [-0.1, -0.05) is 0 Å². The quantitative estimate of drug-likeness (QED) is 0.0588. The number of carbonyl (C=O) groups excluding carboxylic acids is 2. The van der Waals surface area contributed by atoms with Crippen LogP contribution in [-0.2, 0) is 20.1 Å². The zero-order valence-corrected chi connectivity index (χ0v) is 29.7. The number of hydrogen-bond donors (Lipinski definition) is 0. The molecule has 0 heterocycles. The number of unbranched alkanes of at least 4 members (excludes halogenated alkanes) is 6. The Balaban J connectivity index is 6.15. The SMILES string of the molecule is CCCCOC(=O)[O][Sn]([CH2]CCC)([CH2]CCC)[O][Sn]([CH2]CCC)([O]CCCC)[O]C(=O)OCCCC. The molecule has 0 aliphatic rings. The topological polar surface area (TPSA) is 89.5 Å². The summed E-state index contributed by atoms with van der Waals surface area (Å²) in [7, 11) is 0. The van der Waals surface area contributed by atoms with Crippen LogP contribution in [0.3, 0.4) is 0 Å². The van der Waals surface area contributed by atoms with Gasteiger partial charge in [0, 0.05) is 0 Å². The van der Waals surface area contributed by atoms with Crippen LogP contribution in [0.1, 0.15) is 119 Å². The van der Waals surface area contributed by atoms with E-state index in [-0.39, 0.29) is 0 Å². The Morgan fingerprint density at radius 2 is 0.944 bits per heavy atom. The summed E-state index contributed by atoms with van der Waals surface area (Å²) < 4.78 is 38.4. The standard InChI is InChI=1S/2C5H10O3.C4H9O.3C4H9.O.2Sn/c2*1-2-3-4-8-5(6)7;1-2-3-4-5;3*1-3-4-2;;;/h2*2-4H2,1H3,(H,6,7);2-4H2,1H3;3*1,3-4H2,2H3;;;/q;;-1;;;;;+1;+2/p-2. The van der Waals surface area contributed by atoms with E-state index in [1.165, 1.54) is 0 Å². The average Bonchev–Trinajstić information content (AvgIpc) is 2.85. The summed E-state index contributed by atoms with van der Waals surface area (Å²) in [6.45, 7) is 13.6. The monoisotopic (exact) mass is 734 g/mol. The van der Waals surface area contributed by atoms with E-state index in [1.807, 2.05) is 13.8 Å². The van der Waals surface area contributed by atoms with E-state index in [2.05, 4.69) is 27.7 Å². The second-order valence-corrected chi connectivity index (χ2v) is 29.2. The molecule has 0 aliphatic heterocycles. The summed E-state index contributed by atoms with van der Waals surface area (Å²) in [4.78, 5) is 25.6. The van der Waals surface area contributed by atoms with Gasteiger partial charge in [-0.25, -0.2) is 0 Å². The zero-order chi connectivity index (χ0) is 27.1. The van der Waals surface area contributed by atoms with Gasteiger partial charge in [0.15, 0.2) is 0 Å². The Bertz CT molecular complexity index is 556. The minimum absolute atomic E-state index is 0.306. The van der Waals surface area contributed by atoms with E-state index in [0.29, 0.717) is 33.1 Å². The predicted octanol–water partition coefficient (Wildman–Crippen LogP) is 8.51. The van der Waals surface area contributed by atoms with Crippen LogP contribution in [0.25, 0.3) is 0 Å². The van der Waals surface area contributed by atoms with Gasteiger partial charge in [0.1, 0.15) is 0 Å². The van der Waals surface area contributed by atoms with Gasteiger partial charge in [0.05, 0.1) is 0 Å². The van der Waals surface area contributed by atoms with Gasteiger partial charge in [-0.15, -0.1) is 0 Å². The fourth-order valence-electron chi connectivity index (χ4n) is 3.48. The van der Waals surface area contributed by atoms with E-state index in [4.69, 9.17) is 20.1 Å². The Kier molecular flexibility index (Phi) is 23.0. The molecule has 10 heteroatoms. The summed E-state index contributed by atoms with van der Waals surface area (Å²) in [6.07, 6.45) is 9.24. The van der Waals surface area contributed by atoms with E-state index in [9.17, 15) is 9.59 Å². The molecular formula is C26H54O8Sn2. The third-order valence-electron chi connectivity index (χ3n) is 5.76. The maximum atomic E-state index is 12.8. The van der Waals surface area contributed by atoms with Crippen LogP contribution in [0.4, 0.5) is 9.59 Å². The van der Waals surface area contributed by atoms with E-state index in [0.717, 1.165) is 77.0 Å². The first-order chi connectivity index (χ1) is 17.4.